The molecule has 0 heterocycles. The number of carbonyl (C=O) groups excluding carboxylic acids is 2. The second-order valence-electron chi connectivity index (χ2n) is 6.31. The van der Waals surface area contributed by atoms with E-state index in [1.54, 1.807) is 0 Å². The smallest absolute Gasteiger partial charge is 0.411 e. The molecular weight excluding hydrogens is 430 g/mol. The Balaban J connectivity index is 2.86. The highest BCUT2D eigenvalue weighted by Gasteiger charge is 2.73. The van der Waals surface area contributed by atoms with Crippen molar-refractivity contribution in [2.45, 2.75) is 31.6 Å². The third-order valence-corrected chi connectivity index (χ3v) is 4.51. The van der Waals surface area contributed by atoms with Gasteiger partial charge in [-0.25, -0.2) is 9.59 Å². The lowest BCUT2D eigenvalue weighted by molar-refractivity contribution is -0.288. The van der Waals surface area contributed by atoms with E-state index >= 15 is 0 Å². The first kappa shape index (κ1) is 24.2. The summed E-state index contributed by atoms with van der Waals surface area (Å²) in [4.78, 5) is 24.0. The Kier molecular flexibility index (Phi) is 7.03. The molecule has 0 unspecified atom stereocenters. The third-order valence-electron chi connectivity index (χ3n) is 4.51. The molecule has 0 amide bonds. The predicted octanol–water partition coefficient (Wildman–Crippen LogP) is 5.45. The molecule has 0 bridgehead atoms. The first-order valence-electron chi connectivity index (χ1n) is 9.09. The number of ether oxygens (including phenoxy) is 2. The van der Waals surface area contributed by atoms with Gasteiger partial charge in [0.1, 0.15) is 0 Å². The van der Waals surface area contributed by atoms with E-state index < -0.39 is 46.4 Å². The van der Waals surface area contributed by atoms with E-state index in [0.717, 1.165) is 30.3 Å². The molecule has 0 saturated heterocycles. The van der Waals surface area contributed by atoms with Crippen LogP contribution in [-0.4, -0.2) is 37.5 Å². The van der Waals surface area contributed by atoms with Gasteiger partial charge in [-0.15, -0.1) is 0 Å². The van der Waals surface area contributed by atoms with E-state index in [2.05, 4.69) is 4.74 Å². The van der Waals surface area contributed by atoms with E-state index in [1.165, 1.54) is 13.8 Å². The number of alkyl halides is 6. The van der Waals surface area contributed by atoms with E-state index in [4.69, 9.17) is 4.74 Å². The van der Waals surface area contributed by atoms with Crippen LogP contribution < -0.4 is 0 Å². The minimum absolute atomic E-state index is 0.0253. The fourth-order valence-corrected chi connectivity index (χ4v) is 3.22. The first-order valence-corrected chi connectivity index (χ1v) is 9.09. The summed E-state index contributed by atoms with van der Waals surface area (Å²) in [7, 11) is 0. The molecule has 168 valence electrons. The van der Waals surface area contributed by atoms with Gasteiger partial charge in [0.2, 0.25) is 5.41 Å². The average molecular weight is 448 g/mol. The maximum absolute atomic E-state index is 14.3. The summed E-state index contributed by atoms with van der Waals surface area (Å²) >= 11 is 0. The molecule has 10 heteroatoms. The maximum atomic E-state index is 14.3. The lowest BCUT2D eigenvalue weighted by Gasteiger charge is -2.39. The number of esters is 2. The number of benzene rings is 2. The largest absolute Gasteiger partial charge is 0.462 e. The molecule has 0 N–H and O–H groups in total. The van der Waals surface area contributed by atoms with Crippen molar-refractivity contribution < 1.29 is 45.4 Å². The lowest BCUT2D eigenvalue weighted by atomic mass is 9.71. The second kappa shape index (κ2) is 8.99. The molecule has 2 rings (SSSR count). The quantitative estimate of drug-likeness (QED) is 0.436. The number of rotatable bonds is 6. The van der Waals surface area contributed by atoms with Crippen LogP contribution in [0.5, 0.6) is 0 Å². The number of hydrogen-bond donors (Lipinski definition) is 0. The van der Waals surface area contributed by atoms with Crippen LogP contribution in [0.25, 0.3) is 0 Å². The van der Waals surface area contributed by atoms with Gasteiger partial charge in [-0.3, -0.25) is 0 Å². The van der Waals surface area contributed by atoms with Crippen LogP contribution in [0, 0.1) is 0 Å². The molecular formula is C21H18F6O4. The van der Waals surface area contributed by atoms with Gasteiger partial charge in [0.25, 0.3) is 0 Å². The van der Waals surface area contributed by atoms with Crippen LogP contribution in [0.1, 0.15) is 45.7 Å². The van der Waals surface area contributed by atoms with E-state index in [0.29, 0.717) is 18.2 Å². The van der Waals surface area contributed by atoms with Crippen LogP contribution in [-0.2, 0) is 14.9 Å². The highest BCUT2D eigenvalue weighted by molar-refractivity contribution is 5.92. The maximum Gasteiger partial charge on any atom is 0.411 e. The van der Waals surface area contributed by atoms with Crippen LogP contribution in [0.15, 0.2) is 48.5 Å². The van der Waals surface area contributed by atoms with Crippen LogP contribution in [0.2, 0.25) is 0 Å². The molecule has 2 aromatic rings. The Morgan fingerprint density at radius 2 is 1.23 bits per heavy atom. The Morgan fingerprint density at radius 1 is 0.742 bits per heavy atom. The van der Waals surface area contributed by atoms with Crippen molar-refractivity contribution in [3.05, 3.63) is 70.8 Å². The van der Waals surface area contributed by atoms with E-state index in [-0.39, 0.29) is 18.8 Å². The van der Waals surface area contributed by atoms with Gasteiger partial charge in [0.05, 0.1) is 24.3 Å². The van der Waals surface area contributed by atoms with Crippen molar-refractivity contribution in [2.75, 3.05) is 13.2 Å². The molecule has 0 radical (unpaired) electrons. The fraction of sp³-hybridized carbons (Fsp3) is 0.333. The summed E-state index contributed by atoms with van der Waals surface area (Å²) < 4.78 is 95.1. The van der Waals surface area contributed by atoms with Crippen molar-refractivity contribution in [1.82, 2.24) is 0 Å². The summed E-state index contributed by atoms with van der Waals surface area (Å²) in [6.45, 7) is 2.60. The molecule has 2 aromatic carbocycles. The molecule has 0 aliphatic carbocycles. The lowest BCUT2D eigenvalue weighted by Crippen LogP contribution is -2.55. The minimum atomic E-state index is -5.89. The zero-order valence-corrected chi connectivity index (χ0v) is 16.4. The average Bonchev–Trinajstić information content (AvgIpc) is 2.67. The normalized spacial score (nSPS) is 12.4. The molecule has 0 fully saturated rings. The first-order chi connectivity index (χ1) is 14.4. The zero-order valence-electron chi connectivity index (χ0n) is 16.4. The molecule has 0 aliphatic heterocycles. The zero-order chi connectivity index (χ0) is 23.4. The van der Waals surface area contributed by atoms with E-state index in [9.17, 15) is 35.9 Å². The monoisotopic (exact) mass is 448 g/mol. The summed E-state index contributed by atoms with van der Waals surface area (Å²) in [6.07, 6.45) is -11.8. The van der Waals surface area contributed by atoms with Crippen molar-refractivity contribution in [3.63, 3.8) is 0 Å². The van der Waals surface area contributed by atoms with Crippen molar-refractivity contribution >= 4 is 11.9 Å². The molecule has 0 aromatic heterocycles. The summed E-state index contributed by atoms with van der Waals surface area (Å²) in [6, 6.07) is 6.26. The minimum Gasteiger partial charge on any atom is -0.462 e. The van der Waals surface area contributed by atoms with Gasteiger partial charge in [-0.1, -0.05) is 30.3 Å². The number of hydrogen-bond acceptors (Lipinski definition) is 4. The standard InChI is InChI=1S/C21H18F6O4/c1-3-30-17(28)13-9-11-14(12-10-13)19(20(22,23)24,21(25,26)27)16-8-6-5-7-15(16)18(29)31-4-2/h5-12H,3-4H2,1-2H3. The van der Waals surface area contributed by atoms with Gasteiger partial charge in [0, 0.05) is 0 Å². The van der Waals surface area contributed by atoms with Gasteiger partial charge < -0.3 is 9.47 Å². The molecule has 0 saturated carbocycles. The van der Waals surface area contributed by atoms with Gasteiger partial charge in [-0.05, 0) is 43.2 Å². The Bertz CT molecular complexity index is 918. The van der Waals surface area contributed by atoms with Gasteiger partial charge >= 0.3 is 24.3 Å². The molecule has 31 heavy (non-hydrogen) atoms. The van der Waals surface area contributed by atoms with Crippen molar-refractivity contribution in [3.8, 4) is 0 Å². The number of halogens is 6. The van der Waals surface area contributed by atoms with Gasteiger partial charge in [0.15, 0.2) is 0 Å². The highest BCUT2D eigenvalue weighted by atomic mass is 19.4. The Labute approximate surface area is 173 Å². The topological polar surface area (TPSA) is 52.6 Å². The summed E-state index contributed by atoms with van der Waals surface area (Å²) in [5.74, 6) is -2.22. The predicted molar refractivity (Wildman–Crippen MR) is 97.7 cm³/mol. The van der Waals surface area contributed by atoms with Crippen molar-refractivity contribution in [1.29, 1.82) is 0 Å². The fourth-order valence-electron chi connectivity index (χ4n) is 3.22. The van der Waals surface area contributed by atoms with Crippen LogP contribution in [0.3, 0.4) is 0 Å². The second-order valence-corrected chi connectivity index (χ2v) is 6.31. The summed E-state index contributed by atoms with van der Waals surface area (Å²) in [5, 5.41) is 0. The molecule has 4 nitrogen and oxygen atoms in total. The molecule has 0 spiro atoms. The Hall–Kier alpha value is -3.04. The summed E-state index contributed by atoms with van der Waals surface area (Å²) in [5.41, 5.74) is -8.16. The number of carbonyl (C=O) groups is 2. The SMILES string of the molecule is CCOC(=O)c1ccc(C(c2ccccc2C(=O)OCC)(C(F)(F)F)C(F)(F)F)cc1. The van der Waals surface area contributed by atoms with Crippen LogP contribution >= 0.6 is 0 Å². The Morgan fingerprint density at radius 3 is 1.71 bits per heavy atom. The van der Waals surface area contributed by atoms with Crippen molar-refractivity contribution in [2.24, 2.45) is 0 Å². The van der Waals surface area contributed by atoms with Gasteiger partial charge in [-0.2, -0.15) is 26.3 Å². The highest BCUT2D eigenvalue weighted by Crippen LogP contribution is 2.57. The van der Waals surface area contributed by atoms with Crippen LogP contribution in [0.4, 0.5) is 26.3 Å². The molecule has 0 aliphatic rings. The molecule has 0 atom stereocenters. The third kappa shape index (κ3) is 4.38. The van der Waals surface area contributed by atoms with E-state index in [1.807, 2.05) is 0 Å².